The zero-order valence-corrected chi connectivity index (χ0v) is 33.6. The lowest BCUT2D eigenvalue weighted by Gasteiger charge is -2.26. The third kappa shape index (κ3) is 8.13. The van der Waals surface area contributed by atoms with Crippen LogP contribution in [0.4, 0.5) is 5.69 Å². The van der Waals surface area contributed by atoms with Gasteiger partial charge in [-0.2, -0.15) is 0 Å². The number of allylic oxidation sites excluding steroid dienone is 1. The predicted molar refractivity (Wildman–Crippen MR) is 221 cm³/mol. The zero-order valence-electron chi connectivity index (χ0n) is 33.6. The Bertz CT molecular complexity index is 2560. The van der Waals surface area contributed by atoms with Crippen LogP contribution in [0.15, 0.2) is 27.3 Å². The predicted octanol–water partition coefficient (Wildman–Crippen LogP) is 4.51. The van der Waals surface area contributed by atoms with Gasteiger partial charge in [-0.05, 0) is 89.0 Å². The van der Waals surface area contributed by atoms with E-state index < -0.39 is 47.7 Å². The van der Waals surface area contributed by atoms with Crippen molar-refractivity contribution in [1.82, 2.24) is 0 Å². The standard InChI is InChI=1S/C44H49NO14/c1-22-17-27-26(7-6-11-57-15-16-59-31(53)9-12-58-14-13-55-3)42(45-10-5-8-30(51)52)36-28(49)18-24(20-46)33-34-25(21-47)19-29(50)37-39(34)40(35(27)38(33)36)41(32(22)23(2)48)44(56-4)43(37)54/h17-19,32,45-47,54H,5-16,20-21H2,1-4H3,(H,51,52). The number of phenolic OH excluding ortho intramolecular Hbond substituents is 1. The number of hydrogen-bond acceptors (Lipinski definition) is 14. The number of ether oxygens (including phenoxy) is 5. The van der Waals surface area contributed by atoms with Gasteiger partial charge in [0, 0.05) is 48.7 Å². The molecule has 5 N–H and O–H groups in total. The van der Waals surface area contributed by atoms with Crippen molar-refractivity contribution in [3.8, 4) is 11.5 Å². The van der Waals surface area contributed by atoms with E-state index in [9.17, 15) is 44.4 Å². The Morgan fingerprint density at radius 1 is 0.763 bits per heavy atom. The number of nitrogens with one attached hydrogen (secondary N) is 1. The highest BCUT2D eigenvalue weighted by Gasteiger charge is 2.36. The molecule has 0 heterocycles. The highest BCUT2D eigenvalue weighted by molar-refractivity contribution is 6.39. The van der Waals surface area contributed by atoms with Gasteiger partial charge in [0.25, 0.3) is 0 Å². The van der Waals surface area contributed by atoms with Gasteiger partial charge in [-0.25, -0.2) is 0 Å². The lowest BCUT2D eigenvalue weighted by atomic mass is 9.78. The average Bonchev–Trinajstić information content (AvgIpc) is 3.33. The average molecular weight is 816 g/mol. The van der Waals surface area contributed by atoms with Crippen molar-refractivity contribution in [3.63, 3.8) is 0 Å². The van der Waals surface area contributed by atoms with E-state index in [1.165, 1.54) is 26.2 Å². The van der Waals surface area contributed by atoms with E-state index in [1.54, 1.807) is 14.0 Å². The van der Waals surface area contributed by atoms with Crippen molar-refractivity contribution >= 4 is 72.6 Å². The van der Waals surface area contributed by atoms with Gasteiger partial charge in [0.1, 0.15) is 12.4 Å². The Morgan fingerprint density at radius 2 is 1.41 bits per heavy atom. The van der Waals surface area contributed by atoms with Gasteiger partial charge in [-0.15, -0.1) is 0 Å². The topological polar surface area (TPSA) is 224 Å². The van der Waals surface area contributed by atoms with E-state index in [0.29, 0.717) is 80.9 Å². The molecule has 15 heteroatoms. The molecule has 1 aliphatic rings. The van der Waals surface area contributed by atoms with E-state index >= 15 is 0 Å². The van der Waals surface area contributed by atoms with Crippen LogP contribution in [0.2, 0.25) is 0 Å². The quantitative estimate of drug-likeness (QED) is 0.0281. The number of Topliss-reactive ketones (excluding diaryl/α,β-unsaturated/α-hetero) is 1. The molecule has 0 amide bonds. The number of carbonyl (C=O) groups excluding carboxylic acids is 2. The molecule has 1 aliphatic carbocycles. The summed E-state index contributed by atoms with van der Waals surface area (Å²) in [6, 6.07) is 2.53. The first-order valence-electron chi connectivity index (χ1n) is 19.5. The monoisotopic (exact) mass is 815 g/mol. The first kappa shape index (κ1) is 43.1. The summed E-state index contributed by atoms with van der Waals surface area (Å²) in [5, 5.41) is 48.6. The maximum Gasteiger partial charge on any atom is 0.308 e. The number of aliphatic hydroxyl groups excluding tert-OH is 2. The minimum absolute atomic E-state index is 0.0287. The van der Waals surface area contributed by atoms with Crippen LogP contribution >= 0.6 is 0 Å². The van der Waals surface area contributed by atoms with Gasteiger partial charge >= 0.3 is 11.9 Å². The highest BCUT2D eigenvalue weighted by Crippen LogP contribution is 2.56. The number of aliphatic hydroxyl groups is 2. The van der Waals surface area contributed by atoms with E-state index in [2.05, 4.69) is 5.32 Å². The molecular weight excluding hydrogens is 766 g/mol. The number of methoxy groups -OCH3 is 2. The van der Waals surface area contributed by atoms with Crippen molar-refractivity contribution in [2.24, 2.45) is 0 Å². The molecule has 0 aromatic heterocycles. The minimum atomic E-state index is -0.983. The smallest absolute Gasteiger partial charge is 0.308 e. The van der Waals surface area contributed by atoms with Crippen molar-refractivity contribution in [2.45, 2.75) is 65.1 Å². The number of benzene rings is 5. The summed E-state index contributed by atoms with van der Waals surface area (Å²) >= 11 is 0. The lowest BCUT2D eigenvalue weighted by molar-refractivity contribution is -0.146. The third-order valence-corrected chi connectivity index (χ3v) is 10.9. The fourth-order valence-corrected chi connectivity index (χ4v) is 8.56. The largest absolute Gasteiger partial charge is 0.504 e. The Morgan fingerprint density at radius 3 is 2.03 bits per heavy atom. The maximum absolute atomic E-state index is 14.5. The normalized spacial score (nSPS) is 13.8. The van der Waals surface area contributed by atoms with Crippen molar-refractivity contribution < 1.29 is 58.5 Å². The molecule has 0 radical (unpaired) electrons. The second-order valence-electron chi connectivity index (χ2n) is 14.6. The highest BCUT2D eigenvalue weighted by atomic mass is 16.6. The molecule has 314 valence electrons. The second-order valence-corrected chi connectivity index (χ2v) is 14.6. The molecular formula is C44H49NO14. The number of esters is 1. The summed E-state index contributed by atoms with van der Waals surface area (Å²) in [4.78, 5) is 65.7. The lowest BCUT2D eigenvalue weighted by Crippen LogP contribution is -2.16. The molecule has 0 saturated carbocycles. The van der Waals surface area contributed by atoms with E-state index in [1.807, 2.05) is 6.08 Å². The Labute approximate surface area is 338 Å². The summed E-state index contributed by atoms with van der Waals surface area (Å²) in [7, 11) is 2.89. The number of ketones is 1. The first-order chi connectivity index (χ1) is 28.4. The zero-order chi connectivity index (χ0) is 42.5. The number of rotatable bonds is 22. The third-order valence-electron chi connectivity index (χ3n) is 10.9. The number of anilines is 1. The van der Waals surface area contributed by atoms with Gasteiger partial charge in [0.2, 0.25) is 0 Å². The number of carboxylic acids is 1. The number of hydrogen-bond donors (Lipinski definition) is 5. The molecule has 0 aliphatic heterocycles. The van der Waals surface area contributed by atoms with E-state index in [-0.39, 0.29) is 91.1 Å². The fourth-order valence-electron chi connectivity index (χ4n) is 8.56. The first-order valence-corrected chi connectivity index (χ1v) is 19.5. The number of carbonyl (C=O) groups is 3. The van der Waals surface area contributed by atoms with Crippen LogP contribution in [0.3, 0.4) is 0 Å². The van der Waals surface area contributed by atoms with E-state index in [0.717, 1.165) is 0 Å². The SMILES string of the molecule is COCCOCCC(=O)OCCOCCCc1c(NCCCC(=O)O)c2c(=O)cc(CO)c3c4c(CO)cc(=O)c5c(O)c(OC)c6c(c(c1C=C(C)C6C(C)=O)c23)c54. The molecule has 1 atom stereocenters. The van der Waals surface area contributed by atoms with Gasteiger partial charge in [-0.3, -0.25) is 24.0 Å². The minimum Gasteiger partial charge on any atom is -0.504 e. The molecule has 59 heavy (non-hydrogen) atoms. The number of fused-ring (bicyclic) bond motifs is 1. The molecule has 0 saturated heterocycles. The Hall–Kier alpha value is -5.45. The molecule has 1 unspecified atom stereocenters. The summed E-state index contributed by atoms with van der Waals surface area (Å²) in [6.07, 6.45) is 2.77. The summed E-state index contributed by atoms with van der Waals surface area (Å²) in [5.74, 6) is -3.20. The van der Waals surface area contributed by atoms with Crippen molar-refractivity contribution in [2.75, 3.05) is 65.7 Å². The van der Waals surface area contributed by atoms with Crippen LogP contribution in [0.25, 0.3) is 49.2 Å². The van der Waals surface area contributed by atoms with Gasteiger partial charge in [0.15, 0.2) is 22.4 Å². The number of carboxylic acid groups (broad SMARTS) is 1. The van der Waals surface area contributed by atoms with Crippen LogP contribution in [0.5, 0.6) is 11.5 Å². The van der Waals surface area contributed by atoms with Gasteiger partial charge < -0.3 is 49.4 Å². The molecule has 5 aromatic carbocycles. The van der Waals surface area contributed by atoms with Crippen LogP contribution < -0.4 is 20.9 Å². The summed E-state index contributed by atoms with van der Waals surface area (Å²) < 4.78 is 27.1. The van der Waals surface area contributed by atoms with Crippen molar-refractivity contribution in [3.05, 3.63) is 66.0 Å². The summed E-state index contributed by atoms with van der Waals surface area (Å²) in [5.41, 5.74) is 1.98. The number of phenols is 1. The molecule has 0 fully saturated rings. The van der Waals surface area contributed by atoms with Crippen LogP contribution in [-0.2, 0) is 53.0 Å². The van der Waals surface area contributed by atoms with E-state index in [4.69, 9.17) is 23.7 Å². The van der Waals surface area contributed by atoms with Crippen LogP contribution in [0.1, 0.15) is 73.3 Å². The molecule has 5 aromatic rings. The summed E-state index contributed by atoms with van der Waals surface area (Å²) in [6.45, 7) is 3.59. The molecule has 0 spiro atoms. The molecule has 15 nitrogen and oxygen atoms in total. The van der Waals surface area contributed by atoms with Crippen LogP contribution in [0, 0.1) is 0 Å². The molecule has 0 bridgehead atoms. The number of aliphatic carboxylic acids is 1. The van der Waals surface area contributed by atoms with Gasteiger partial charge in [-0.1, -0.05) is 11.6 Å². The van der Waals surface area contributed by atoms with Crippen LogP contribution in [-0.4, -0.2) is 98.6 Å². The van der Waals surface area contributed by atoms with Gasteiger partial charge in [0.05, 0.1) is 69.9 Å². The Balaban J connectivity index is 1.57. The molecule has 6 rings (SSSR count). The fraction of sp³-hybridized carbons (Fsp3) is 0.432. The maximum atomic E-state index is 14.5. The Kier molecular flexibility index (Phi) is 13.6. The number of aromatic hydroxyl groups is 1. The second kappa shape index (κ2) is 18.6. The van der Waals surface area contributed by atoms with Crippen molar-refractivity contribution in [1.29, 1.82) is 0 Å².